The molecule has 0 saturated carbocycles. The second kappa shape index (κ2) is 8.06. The zero-order valence-corrected chi connectivity index (χ0v) is 13.6. The lowest BCUT2D eigenvalue weighted by atomic mass is 10.2. The molecule has 3 aromatic heterocycles. The van der Waals surface area contributed by atoms with E-state index in [0.717, 1.165) is 23.4 Å². The summed E-state index contributed by atoms with van der Waals surface area (Å²) in [4.78, 5) is 12.6. The van der Waals surface area contributed by atoms with E-state index in [1.165, 1.54) is 5.56 Å². The summed E-state index contributed by atoms with van der Waals surface area (Å²) in [6.07, 6.45) is 7.95. The molecule has 0 aliphatic rings. The van der Waals surface area contributed by atoms with E-state index in [2.05, 4.69) is 21.0 Å². The van der Waals surface area contributed by atoms with Crippen molar-refractivity contribution in [1.29, 1.82) is 0 Å². The van der Waals surface area contributed by atoms with Crippen LogP contribution in [0.3, 0.4) is 0 Å². The first-order valence-corrected chi connectivity index (χ1v) is 7.82. The number of nitrogens with zero attached hydrogens (tertiary/aromatic N) is 3. The fourth-order valence-electron chi connectivity index (χ4n) is 2.20. The fourth-order valence-corrected chi connectivity index (χ4v) is 2.20. The quantitative estimate of drug-likeness (QED) is 0.668. The molecule has 0 aromatic carbocycles. The molecule has 122 valence electrons. The molecular formula is C19H19N3O2. The molecule has 0 atom stereocenters. The van der Waals surface area contributed by atoms with Crippen molar-refractivity contribution in [2.45, 2.75) is 20.0 Å². The van der Waals surface area contributed by atoms with Gasteiger partial charge < -0.3 is 9.47 Å². The molecule has 5 nitrogen and oxygen atoms in total. The van der Waals surface area contributed by atoms with Gasteiger partial charge in [0.1, 0.15) is 12.4 Å². The summed E-state index contributed by atoms with van der Waals surface area (Å²) in [6, 6.07) is 11.5. The van der Waals surface area contributed by atoms with Crippen LogP contribution < -0.4 is 9.47 Å². The molecule has 0 bridgehead atoms. The maximum atomic E-state index is 5.72. The van der Waals surface area contributed by atoms with Gasteiger partial charge in [0.15, 0.2) is 0 Å². The highest BCUT2D eigenvalue weighted by molar-refractivity contribution is 5.21. The second-order valence-electron chi connectivity index (χ2n) is 5.41. The molecule has 3 aromatic rings. The number of hydrogen-bond acceptors (Lipinski definition) is 5. The van der Waals surface area contributed by atoms with Crippen molar-refractivity contribution in [3.63, 3.8) is 0 Å². The SMILES string of the molecule is Cc1cncc(CCOc2ccc(COc3ccccn3)nc2)c1. The van der Waals surface area contributed by atoms with E-state index in [1.807, 2.05) is 49.6 Å². The van der Waals surface area contributed by atoms with Crippen molar-refractivity contribution >= 4 is 0 Å². The van der Waals surface area contributed by atoms with Gasteiger partial charge in [0.25, 0.3) is 0 Å². The molecule has 0 unspecified atom stereocenters. The third-order valence-corrected chi connectivity index (χ3v) is 3.39. The Morgan fingerprint density at radius 1 is 0.958 bits per heavy atom. The van der Waals surface area contributed by atoms with Crippen LogP contribution >= 0.6 is 0 Å². The number of ether oxygens (including phenoxy) is 2. The van der Waals surface area contributed by atoms with E-state index in [1.54, 1.807) is 12.4 Å². The van der Waals surface area contributed by atoms with Crippen LogP contribution in [0, 0.1) is 6.92 Å². The van der Waals surface area contributed by atoms with E-state index < -0.39 is 0 Å². The van der Waals surface area contributed by atoms with Crippen LogP contribution in [0.25, 0.3) is 0 Å². The molecule has 5 heteroatoms. The second-order valence-corrected chi connectivity index (χ2v) is 5.41. The minimum atomic E-state index is 0.381. The summed E-state index contributed by atoms with van der Waals surface area (Å²) < 4.78 is 11.3. The summed E-state index contributed by atoms with van der Waals surface area (Å²) in [6.45, 7) is 3.01. The van der Waals surface area contributed by atoms with Gasteiger partial charge in [-0.25, -0.2) is 4.98 Å². The molecule has 3 rings (SSSR count). The molecule has 3 heterocycles. The minimum absolute atomic E-state index is 0.381. The number of pyridine rings is 3. The number of aryl methyl sites for hydroxylation is 1. The topological polar surface area (TPSA) is 57.1 Å². The maximum absolute atomic E-state index is 5.72. The monoisotopic (exact) mass is 321 g/mol. The smallest absolute Gasteiger partial charge is 0.213 e. The van der Waals surface area contributed by atoms with E-state index in [0.29, 0.717) is 19.1 Å². The third-order valence-electron chi connectivity index (χ3n) is 3.39. The molecule has 0 fully saturated rings. The average Bonchev–Trinajstić information content (AvgIpc) is 2.62. The molecule has 0 radical (unpaired) electrons. The zero-order chi connectivity index (χ0) is 16.6. The number of aromatic nitrogens is 3. The Morgan fingerprint density at radius 2 is 1.92 bits per heavy atom. The molecule has 0 spiro atoms. The molecular weight excluding hydrogens is 302 g/mol. The van der Waals surface area contributed by atoms with Crippen LogP contribution in [0.2, 0.25) is 0 Å². The van der Waals surface area contributed by atoms with E-state index in [4.69, 9.17) is 9.47 Å². The fraction of sp³-hybridized carbons (Fsp3) is 0.211. The van der Waals surface area contributed by atoms with Gasteiger partial charge in [0, 0.05) is 31.1 Å². The third kappa shape index (κ3) is 4.78. The molecule has 0 aliphatic carbocycles. The highest BCUT2D eigenvalue weighted by atomic mass is 16.5. The maximum Gasteiger partial charge on any atom is 0.213 e. The molecule has 24 heavy (non-hydrogen) atoms. The molecule has 0 saturated heterocycles. The van der Waals surface area contributed by atoms with Crippen molar-refractivity contribution < 1.29 is 9.47 Å². The Morgan fingerprint density at radius 3 is 2.67 bits per heavy atom. The first-order valence-electron chi connectivity index (χ1n) is 7.82. The summed E-state index contributed by atoms with van der Waals surface area (Å²) in [5.41, 5.74) is 3.16. The van der Waals surface area contributed by atoms with Crippen LogP contribution in [0.1, 0.15) is 16.8 Å². The standard InChI is InChI=1S/C19H19N3O2/c1-15-10-16(12-20-11-15)7-9-23-18-6-5-17(22-13-18)14-24-19-4-2-3-8-21-19/h2-6,8,10-13H,7,9,14H2,1H3. The van der Waals surface area contributed by atoms with Crippen LogP contribution in [-0.4, -0.2) is 21.6 Å². The Hall–Kier alpha value is -2.95. The highest BCUT2D eigenvalue weighted by Crippen LogP contribution is 2.12. The highest BCUT2D eigenvalue weighted by Gasteiger charge is 2.00. The van der Waals surface area contributed by atoms with Crippen molar-refractivity contribution in [3.05, 3.63) is 78.0 Å². The summed E-state index contributed by atoms with van der Waals surface area (Å²) in [7, 11) is 0. The zero-order valence-electron chi connectivity index (χ0n) is 13.6. The van der Waals surface area contributed by atoms with Crippen LogP contribution in [0.5, 0.6) is 11.6 Å². The van der Waals surface area contributed by atoms with Gasteiger partial charge in [-0.05, 0) is 36.2 Å². The van der Waals surface area contributed by atoms with E-state index >= 15 is 0 Å². The van der Waals surface area contributed by atoms with Gasteiger partial charge in [0.05, 0.1) is 18.5 Å². The minimum Gasteiger partial charge on any atom is -0.492 e. The lowest BCUT2D eigenvalue weighted by Gasteiger charge is -2.08. The summed E-state index contributed by atoms with van der Waals surface area (Å²) in [5.74, 6) is 1.34. The van der Waals surface area contributed by atoms with E-state index in [-0.39, 0.29) is 0 Å². The van der Waals surface area contributed by atoms with Crippen molar-refractivity contribution in [2.24, 2.45) is 0 Å². The average molecular weight is 321 g/mol. The largest absolute Gasteiger partial charge is 0.492 e. The van der Waals surface area contributed by atoms with Gasteiger partial charge in [0.2, 0.25) is 5.88 Å². The van der Waals surface area contributed by atoms with Crippen molar-refractivity contribution in [1.82, 2.24) is 15.0 Å². The first kappa shape index (κ1) is 15.9. The molecule has 0 N–H and O–H groups in total. The summed E-state index contributed by atoms with van der Waals surface area (Å²) in [5, 5.41) is 0. The molecule has 0 amide bonds. The number of rotatable bonds is 7. The predicted octanol–water partition coefficient (Wildman–Crippen LogP) is 3.38. The Kier molecular flexibility index (Phi) is 5.35. The van der Waals surface area contributed by atoms with E-state index in [9.17, 15) is 0 Å². The van der Waals surface area contributed by atoms with Crippen molar-refractivity contribution in [3.8, 4) is 11.6 Å². The van der Waals surface area contributed by atoms with Gasteiger partial charge in [-0.2, -0.15) is 0 Å². The van der Waals surface area contributed by atoms with Crippen LogP contribution in [-0.2, 0) is 13.0 Å². The summed E-state index contributed by atoms with van der Waals surface area (Å²) >= 11 is 0. The molecule has 0 aliphatic heterocycles. The first-order chi connectivity index (χ1) is 11.8. The number of hydrogen-bond donors (Lipinski definition) is 0. The Bertz CT molecular complexity index is 761. The van der Waals surface area contributed by atoms with Gasteiger partial charge in [-0.3, -0.25) is 9.97 Å². The van der Waals surface area contributed by atoms with Crippen LogP contribution in [0.4, 0.5) is 0 Å². The van der Waals surface area contributed by atoms with Gasteiger partial charge >= 0.3 is 0 Å². The predicted molar refractivity (Wildman–Crippen MR) is 91.0 cm³/mol. The normalized spacial score (nSPS) is 10.4. The van der Waals surface area contributed by atoms with Gasteiger partial charge in [-0.1, -0.05) is 12.1 Å². The van der Waals surface area contributed by atoms with Gasteiger partial charge in [-0.15, -0.1) is 0 Å². The Labute approximate surface area is 141 Å². The van der Waals surface area contributed by atoms with Crippen molar-refractivity contribution in [2.75, 3.05) is 6.61 Å². The lowest BCUT2D eigenvalue weighted by molar-refractivity contribution is 0.287. The Balaban J connectivity index is 1.46. The van der Waals surface area contributed by atoms with Crippen LogP contribution in [0.15, 0.2) is 61.2 Å². The lowest BCUT2D eigenvalue weighted by Crippen LogP contribution is -2.03.